The monoisotopic (exact) mass is 311 g/mol. The zero-order valence-corrected chi connectivity index (χ0v) is 13.4. The van der Waals surface area contributed by atoms with E-state index in [1.807, 2.05) is 24.3 Å². The van der Waals surface area contributed by atoms with E-state index in [0.717, 1.165) is 5.56 Å². The fourth-order valence-electron chi connectivity index (χ4n) is 2.10. The number of anilines is 2. The molecule has 0 aliphatic rings. The molecule has 0 spiro atoms. The largest absolute Gasteiger partial charge is 0.397 e. The number of hydrogen-bond donors (Lipinski definition) is 2. The molecular formula is C18H21N3O2. The third-order valence-corrected chi connectivity index (χ3v) is 3.55. The van der Waals surface area contributed by atoms with Crippen LogP contribution >= 0.6 is 0 Å². The van der Waals surface area contributed by atoms with Gasteiger partial charge in [-0.2, -0.15) is 0 Å². The van der Waals surface area contributed by atoms with Crippen molar-refractivity contribution < 1.29 is 9.59 Å². The zero-order chi connectivity index (χ0) is 16.8. The molecule has 0 aliphatic carbocycles. The fraction of sp³-hybridized carbons (Fsp3) is 0.222. The highest BCUT2D eigenvalue weighted by atomic mass is 16.2. The van der Waals surface area contributed by atoms with Crippen LogP contribution in [-0.2, 0) is 11.2 Å². The minimum absolute atomic E-state index is 0.0892. The van der Waals surface area contributed by atoms with E-state index in [-0.39, 0.29) is 11.8 Å². The van der Waals surface area contributed by atoms with Crippen LogP contribution in [0, 0.1) is 0 Å². The number of nitrogen functional groups attached to an aromatic ring is 1. The van der Waals surface area contributed by atoms with Gasteiger partial charge in [-0.1, -0.05) is 24.3 Å². The van der Waals surface area contributed by atoms with Crippen LogP contribution in [0.25, 0.3) is 0 Å². The van der Waals surface area contributed by atoms with Crippen molar-refractivity contribution in [2.75, 3.05) is 25.1 Å². The molecule has 0 unspecified atom stereocenters. The van der Waals surface area contributed by atoms with Gasteiger partial charge in [-0.05, 0) is 36.2 Å². The van der Waals surface area contributed by atoms with Gasteiger partial charge in [0.25, 0.3) is 5.91 Å². The van der Waals surface area contributed by atoms with Crippen molar-refractivity contribution in [3.05, 3.63) is 59.7 Å². The average Bonchev–Trinajstić information content (AvgIpc) is 2.55. The van der Waals surface area contributed by atoms with Crippen LogP contribution in [0.2, 0.25) is 0 Å². The smallest absolute Gasteiger partial charge is 0.255 e. The summed E-state index contributed by atoms with van der Waals surface area (Å²) < 4.78 is 0. The maximum atomic E-state index is 12.2. The van der Waals surface area contributed by atoms with Gasteiger partial charge in [-0.3, -0.25) is 9.59 Å². The van der Waals surface area contributed by atoms with Crippen LogP contribution < -0.4 is 11.1 Å². The van der Waals surface area contributed by atoms with Crippen LogP contribution in [0.4, 0.5) is 11.4 Å². The summed E-state index contributed by atoms with van der Waals surface area (Å²) >= 11 is 0. The molecular weight excluding hydrogens is 290 g/mol. The summed E-state index contributed by atoms with van der Waals surface area (Å²) in [6.07, 6.45) is 1.11. The van der Waals surface area contributed by atoms with Crippen molar-refractivity contribution in [2.24, 2.45) is 0 Å². The highest BCUT2D eigenvalue weighted by Crippen LogP contribution is 2.18. The van der Waals surface area contributed by atoms with E-state index < -0.39 is 0 Å². The minimum Gasteiger partial charge on any atom is -0.397 e. The lowest BCUT2D eigenvalue weighted by Gasteiger charge is -2.10. The Morgan fingerprint density at radius 3 is 2.30 bits per heavy atom. The molecule has 0 aromatic heterocycles. The summed E-state index contributed by atoms with van der Waals surface area (Å²) in [5.74, 6) is -0.120. The van der Waals surface area contributed by atoms with Crippen LogP contribution in [0.3, 0.4) is 0 Å². The second-order valence-corrected chi connectivity index (χ2v) is 5.53. The molecule has 0 aliphatic heterocycles. The SMILES string of the molecule is CN(C)C(=O)CCc1ccc(C(=O)Nc2ccccc2N)cc1. The van der Waals surface area contributed by atoms with Gasteiger partial charge >= 0.3 is 0 Å². The fourth-order valence-corrected chi connectivity index (χ4v) is 2.10. The first-order valence-electron chi connectivity index (χ1n) is 7.42. The number of hydrogen-bond acceptors (Lipinski definition) is 3. The molecule has 0 fully saturated rings. The number of nitrogens with two attached hydrogens (primary N) is 1. The van der Waals surface area contributed by atoms with E-state index in [0.29, 0.717) is 29.8 Å². The Morgan fingerprint density at radius 1 is 1.04 bits per heavy atom. The molecule has 5 nitrogen and oxygen atoms in total. The molecule has 120 valence electrons. The predicted octanol–water partition coefficient (Wildman–Crippen LogP) is 2.54. The molecule has 23 heavy (non-hydrogen) atoms. The number of para-hydroxylation sites is 2. The highest BCUT2D eigenvalue weighted by Gasteiger charge is 2.09. The Labute approximate surface area is 136 Å². The standard InChI is InChI=1S/C18H21N3O2/c1-21(2)17(22)12-9-13-7-10-14(11-8-13)18(23)20-16-6-4-3-5-15(16)19/h3-8,10-11H,9,12,19H2,1-2H3,(H,20,23). The summed E-state index contributed by atoms with van der Waals surface area (Å²) in [7, 11) is 3.48. The molecule has 0 radical (unpaired) electrons. The summed E-state index contributed by atoms with van der Waals surface area (Å²) in [6, 6.07) is 14.4. The molecule has 2 amide bonds. The number of rotatable bonds is 5. The molecule has 2 aromatic rings. The van der Waals surface area contributed by atoms with Crippen molar-refractivity contribution in [3.8, 4) is 0 Å². The van der Waals surface area contributed by atoms with Crippen molar-refractivity contribution in [1.82, 2.24) is 4.90 Å². The molecule has 0 saturated carbocycles. The summed E-state index contributed by atoms with van der Waals surface area (Å²) in [5, 5.41) is 2.79. The van der Waals surface area contributed by atoms with Crippen LogP contribution in [-0.4, -0.2) is 30.8 Å². The Hall–Kier alpha value is -2.82. The highest BCUT2D eigenvalue weighted by molar-refractivity contribution is 6.05. The second-order valence-electron chi connectivity index (χ2n) is 5.53. The normalized spacial score (nSPS) is 10.2. The van der Waals surface area contributed by atoms with E-state index in [4.69, 9.17) is 5.73 Å². The molecule has 0 heterocycles. The first-order chi connectivity index (χ1) is 11.0. The van der Waals surface area contributed by atoms with Crippen LogP contribution in [0.15, 0.2) is 48.5 Å². The number of nitrogens with one attached hydrogen (secondary N) is 1. The summed E-state index contributed by atoms with van der Waals surface area (Å²) in [5.41, 5.74) is 8.51. The van der Waals surface area contributed by atoms with Gasteiger partial charge in [0.05, 0.1) is 11.4 Å². The van der Waals surface area contributed by atoms with E-state index in [1.54, 1.807) is 43.3 Å². The molecule has 3 N–H and O–H groups in total. The number of amides is 2. The van der Waals surface area contributed by atoms with E-state index in [1.165, 1.54) is 0 Å². The van der Waals surface area contributed by atoms with Crippen LogP contribution in [0.1, 0.15) is 22.3 Å². The van der Waals surface area contributed by atoms with Gasteiger partial charge in [0.1, 0.15) is 0 Å². The molecule has 0 bridgehead atoms. The quantitative estimate of drug-likeness (QED) is 0.833. The van der Waals surface area contributed by atoms with Gasteiger partial charge in [0.2, 0.25) is 5.91 Å². The topological polar surface area (TPSA) is 75.4 Å². The lowest BCUT2D eigenvalue weighted by atomic mass is 10.1. The Bertz CT molecular complexity index is 694. The molecule has 5 heteroatoms. The Kier molecular flexibility index (Phi) is 5.36. The van der Waals surface area contributed by atoms with Crippen molar-refractivity contribution >= 4 is 23.2 Å². The first kappa shape index (κ1) is 16.5. The van der Waals surface area contributed by atoms with Gasteiger partial charge in [0.15, 0.2) is 0 Å². The van der Waals surface area contributed by atoms with Crippen molar-refractivity contribution in [2.45, 2.75) is 12.8 Å². The maximum absolute atomic E-state index is 12.2. The van der Waals surface area contributed by atoms with Crippen LogP contribution in [0.5, 0.6) is 0 Å². The van der Waals surface area contributed by atoms with E-state index >= 15 is 0 Å². The number of nitrogens with zero attached hydrogens (tertiary/aromatic N) is 1. The van der Waals surface area contributed by atoms with Gasteiger partial charge < -0.3 is 16.0 Å². The molecule has 0 saturated heterocycles. The number of aryl methyl sites for hydroxylation is 1. The predicted molar refractivity (Wildman–Crippen MR) is 92.3 cm³/mol. The van der Waals surface area contributed by atoms with Crippen molar-refractivity contribution in [3.63, 3.8) is 0 Å². The zero-order valence-electron chi connectivity index (χ0n) is 13.4. The van der Waals surface area contributed by atoms with Gasteiger partial charge in [0, 0.05) is 26.1 Å². The molecule has 0 atom stereocenters. The Morgan fingerprint density at radius 2 is 1.70 bits per heavy atom. The summed E-state index contributed by atoms with van der Waals surface area (Å²) in [4.78, 5) is 25.4. The lowest BCUT2D eigenvalue weighted by molar-refractivity contribution is -0.128. The number of carbonyl (C=O) groups excluding carboxylic acids is 2. The van der Waals surface area contributed by atoms with Gasteiger partial charge in [-0.15, -0.1) is 0 Å². The molecule has 2 rings (SSSR count). The third-order valence-electron chi connectivity index (χ3n) is 3.55. The van der Waals surface area contributed by atoms with Gasteiger partial charge in [-0.25, -0.2) is 0 Å². The van der Waals surface area contributed by atoms with E-state index in [9.17, 15) is 9.59 Å². The number of benzene rings is 2. The lowest BCUT2D eigenvalue weighted by Crippen LogP contribution is -2.21. The van der Waals surface area contributed by atoms with E-state index in [2.05, 4.69) is 5.32 Å². The average molecular weight is 311 g/mol. The maximum Gasteiger partial charge on any atom is 0.255 e. The summed E-state index contributed by atoms with van der Waals surface area (Å²) in [6.45, 7) is 0. The third kappa shape index (κ3) is 4.57. The molecule has 2 aromatic carbocycles. The van der Waals surface area contributed by atoms with Crippen molar-refractivity contribution in [1.29, 1.82) is 0 Å². The minimum atomic E-state index is -0.209. The second kappa shape index (κ2) is 7.45. The Balaban J connectivity index is 1.98. The number of carbonyl (C=O) groups is 2. The first-order valence-corrected chi connectivity index (χ1v) is 7.42.